The first-order valence-electron chi connectivity index (χ1n) is 5.66. The van der Waals surface area contributed by atoms with Crippen molar-refractivity contribution in [3.8, 4) is 0 Å². The van der Waals surface area contributed by atoms with Gasteiger partial charge in [0.15, 0.2) is 0 Å². The van der Waals surface area contributed by atoms with Crippen LogP contribution < -0.4 is 0 Å². The summed E-state index contributed by atoms with van der Waals surface area (Å²) in [5, 5.41) is 0. The second-order valence-electron chi connectivity index (χ2n) is 4.12. The average Bonchev–Trinajstić information content (AvgIpc) is 2.80. The number of halogens is 1. The molecule has 3 heteroatoms. The Hall–Kier alpha value is -0.130. The van der Waals surface area contributed by atoms with Crippen LogP contribution in [0.5, 0.6) is 0 Å². The standard InChI is InChI=1S/C13H17IO2/c1-10-4-2-3-5-12(10)13(8-14)16-11-6-7-15-9-11/h2-5,11,13H,6-9H2,1H3. The molecule has 88 valence electrons. The number of alkyl halides is 1. The third kappa shape index (κ3) is 2.96. The lowest BCUT2D eigenvalue weighted by molar-refractivity contribution is -0.00410. The summed E-state index contributed by atoms with van der Waals surface area (Å²) in [4.78, 5) is 0. The number of ether oxygens (including phenoxy) is 2. The second kappa shape index (κ2) is 5.98. The van der Waals surface area contributed by atoms with Crippen molar-refractivity contribution in [1.29, 1.82) is 0 Å². The summed E-state index contributed by atoms with van der Waals surface area (Å²) in [5.41, 5.74) is 2.62. The Morgan fingerprint density at radius 1 is 1.50 bits per heavy atom. The molecule has 2 rings (SSSR count). The highest BCUT2D eigenvalue weighted by Crippen LogP contribution is 2.26. The fourth-order valence-electron chi connectivity index (χ4n) is 1.99. The molecule has 1 saturated heterocycles. The molecule has 0 saturated carbocycles. The van der Waals surface area contributed by atoms with Crippen LogP contribution in [-0.2, 0) is 9.47 Å². The molecule has 1 fully saturated rings. The Morgan fingerprint density at radius 2 is 2.31 bits per heavy atom. The molecule has 0 aliphatic carbocycles. The van der Waals surface area contributed by atoms with Crippen molar-refractivity contribution in [1.82, 2.24) is 0 Å². The van der Waals surface area contributed by atoms with Crippen molar-refractivity contribution in [3.63, 3.8) is 0 Å². The topological polar surface area (TPSA) is 18.5 Å². The molecule has 1 aliphatic heterocycles. The molecule has 0 aromatic heterocycles. The Balaban J connectivity index is 2.06. The number of hydrogen-bond acceptors (Lipinski definition) is 2. The molecular formula is C13H17IO2. The minimum atomic E-state index is 0.202. The zero-order valence-electron chi connectivity index (χ0n) is 9.49. The zero-order chi connectivity index (χ0) is 11.4. The van der Waals surface area contributed by atoms with Crippen LogP contribution in [0.3, 0.4) is 0 Å². The predicted octanol–water partition coefficient (Wildman–Crippen LogP) is 3.28. The normalized spacial score (nSPS) is 22.2. The van der Waals surface area contributed by atoms with Crippen molar-refractivity contribution in [3.05, 3.63) is 35.4 Å². The highest BCUT2D eigenvalue weighted by atomic mass is 127. The first-order valence-corrected chi connectivity index (χ1v) is 7.18. The number of benzene rings is 1. The van der Waals surface area contributed by atoms with E-state index in [2.05, 4.69) is 53.8 Å². The Bertz CT molecular complexity index is 334. The van der Waals surface area contributed by atoms with E-state index in [1.807, 2.05) is 0 Å². The zero-order valence-corrected chi connectivity index (χ0v) is 11.6. The summed E-state index contributed by atoms with van der Waals surface area (Å²) in [6, 6.07) is 8.45. The molecule has 0 spiro atoms. The minimum Gasteiger partial charge on any atom is -0.379 e. The van der Waals surface area contributed by atoms with Crippen LogP contribution in [-0.4, -0.2) is 23.7 Å². The molecule has 0 radical (unpaired) electrons. The van der Waals surface area contributed by atoms with E-state index >= 15 is 0 Å². The Labute approximate surface area is 110 Å². The van der Waals surface area contributed by atoms with Crippen LogP contribution in [0.4, 0.5) is 0 Å². The van der Waals surface area contributed by atoms with Gasteiger partial charge in [-0.1, -0.05) is 46.9 Å². The van der Waals surface area contributed by atoms with Crippen LogP contribution in [0.25, 0.3) is 0 Å². The van der Waals surface area contributed by atoms with Crippen molar-refractivity contribution in [2.45, 2.75) is 25.6 Å². The quantitative estimate of drug-likeness (QED) is 0.622. The first-order chi connectivity index (χ1) is 7.81. The van der Waals surface area contributed by atoms with E-state index in [0.717, 1.165) is 24.1 Å². The minimum absolute atomic E-state index is 0.202. The van der Waals surface area contributed by atoms with Gasteiger partial charge < -0.3 is 9.47 Å². The van der Waals surface area contributed by atoms with Crippen LogP contribution in [0.15, 0.2) is 24.3 Å². The van der Waals surface area contributed by atoms with Crippen molar-refractivity contribution < 1.29 is 9.47 Å². The van der Waals surface area contributed by atoms with Crippen molar-refractivity contribution >= 4 is 22.6 Å². The number of aryl methyl sites for hydroxylation is 1. The molecule has 2 atom stereocenters. The van der Waals surface area contributed by atoms with E-state index in [1.165, 1.54) is 11.1 Å². The molecule has 2 unspecified atom stereocenters. The smallest absolute Gasteiger partial charge is 0.0921 e. The summed E-state index contributed by atoms with van der Waals surface area (Å²) < 4.78 is 12.4. The largest absolute Gasteiger partial charge is 0.379 e. The van der Waals surface area contributed by atoms with Crippen LogP contribution >= 0.6 is 22.6 Å². The van der Waals surface area contributed by atoms with Gasteiger partial charge >= 0.3 is 0 Å². The van der Waals surface area contributed by atoms with Crippen LogP contribution in [0.1, 0.15) is 23.7 Å². The van der Waals surface area contributed by atoms with Gasteiger partial charge in [-0.25, -0.2) is 0 Å². The maximum absolute atomic E-state index is 6.09. The highest BCUT2D eigenvalue weighted by Gasteiger charge is 2.22. The summed E-state index contributed by atoms with van der Waals surface area (Å²) in [7, 11) is 0. The van der Waals surface area contributed by atoms with Gasteiger partial charge in [-0.05, 0) is 24.5 Å². The molecular weight excluding hydrogens is 315 g/mol. The first kappa shape index (κ1) is 12.3. The van der Waals surface area contributed by atoms with Gasteiger partial charge in [-0.2, -0.15) is 0 Å². The fraction of sp³-hybridized carbons (Fsp3) is 0.538. The number of hydrogen-bond donors (Lipinski definition) is 0. The van der Waals surface area contributed by atoms with Crippen LogP contribution in [0, 0.1) is 6.92 Å². The Kier molecular flexibility index (Phi) is 4.61. The SMILES string of the molecule is Cc1ccccc1C(CI)OC1CCOC1. The average molecular weight is 332 g/mol. The molecule has 1 aliphatic rings. The molecule has 1 aromatic carbocycles. The van der Waals surface area contributed by atoms with Gasteiger partial charge in [0, 0.05) is 11.0 Å². The van der Waals surface area contributed by atoms with Gasteiger partial charge in [-0.15, -0.1) is 0 Å². The second-order valence-corrected chi connectivity index (χ2v) is 5.00. The monoisotopic (exact) mass is 332 g/mol. The third-order valence-corrected chi connectivity index (χ3v) is 3.72. The van der Waals surface area contributed by atoms with E-state index in [4.69, 9.17) is 9.47 Å². The molecule has 1 heterocycles. The molecule has 0 N–H and O–H groups in total. The lowest BCUT2D eigenvalue weighted by Crippen LogP contribution is -2.18. The number of rotatable bonds is 4. The fourth-order valence-corrected chi connectivity index (χ4v) is 2.68. The molecule has 0 amide bonds. The van der Waals surface area contributed by atoms with Gasteiger partial charge in [0.2, 0.25) is 0 Å². The summed E-state index contributed by atoms with van der Waals surface area (Å²) in [6.45, 7) is 3.73. The van der Waals surface area contributed by atoms with Crippen molar-refractivity contribution in [2.24, 2.45) is 0 Å². The van der Waals surface area contributed by atoms with E-state index in [1.54, 1.807) is 0 Å². The predicted molar refractivity (Wildman–Crippen MR) is 73.1 cm³/mol. The molecule has 0 bridgehead atoms. The summed E-state index contributed by atoms with van der Waals surface area (Å²) in [5.74, 6) is 0. The van der Waals surface area contributed by atoms with E-state index in [9.17, 15) is 0 Å². The maximum Gasteiger partial charge on any atom is 0.0921 e. The lowest BCUT2D eigenvalue weighted by Gasteiger charge is -2.21. The highest BCUT2D eigenvalue weighted by molar-refractivity contribution is 14.1. The van der Waals surface area contributed by atoms with Gasteiger partial charge in [0.05, 0.1) is 18.8 Å². The summed E-state index contributed by atoms with van der Waals surface area (Å²) in [6.07, 6.45) is 1.51. The molecule has 16 heavy (non-hydrogen) atoms. The van der Waals surface area contributed by atoms with E-state index in [0.29, 0.717) is 0 Å². The van der Waals surface area contributed by atoms with Gasteiger partial charge in [0.1, 0.15) is 0 Å². The maximum atomic E-state index is 6.09. The van der Waals surface area contributed by atoms with Crippen molar-refractivity contribution in [2.75, 3.05) is 17.6 Å². The van der Waals surface area contributed by atoms with Gasteiger partial charge in [-0.3, -0.25) is 0 Å². The van der Waals surface area contributed by atoms with E-state index < -0.39 is 0 Å². The van der Waals surface area contributed by atoms with Gasteiger partial charge in [0.25, 0.3) is 0 Å². The lowest BCUT2D eigenvalue weighted by atomic mass is 10.0. The van der Waals surface area contributed by atoms with E-state index in [-0.39, 0.29) is 12.2 Å². The van der Waals surface area contributed by atoms with Crippen LogP contribution in [0.2, 0.25) is 0 Å². The third-order valence-electron chi connectivity index (χ3n) is 2.92. The Morgan fingerprint density at radius 3 is 2.94 bits per heavy atom. The summed E-state index contributed by atoms with van der Waals surface area (Å²) >= 11 is 2.39. The molecule has 2 nitrogen and oxygen atoms in total. The molecule has 1 aromatic rings.